The highest BCUT2D eigenvalue weighted by atomic mass is 31.2. The van der Waals surface area contributed by atoms with Crippen LogP contribution in [0.1, 0.15) is 232 Å². The maximum atomic E-state index is 12.7. The Kier molecular flexibility index (Phi) is 48.9. The number of hydrogen-bond donors (Lipinski definition) is 2. The number of esters is 2. The summed E-state index contributed by atoms with van der Waals surface area (Å²) in [7, 11) is -4.39. The molecule has 0 spiro atoms. The van der Waals surface area contributed by atoms with Gasteiger partial charge in [-0.25, -0.2) is 4.57 Å². The summed E-state index contributed by atoms with van der Waals surface area (Å²) in [6.45, 7) is 3.55. The molecule has 0 aliphatic rings. The van der Waals surface area contributed by atoms with Gasteiger partial charge in [0, 0.05) is 19.4 Å². The van der Waals surface area contributed by atoms with Crippen LogP contribution in [0.2, 0.25) is 0 Å². The fourth-order valence-corrected chi connectivity index (χ4v) is 7.96. The van der Waals surface area contributed by atoms with Crippen molar-refractivity contribution in [2.75, 3.05) is 26.4 Å². The molecule has 0 aromatic rings. The van der Waals surface area contributed by atoms with Crippen LogP contribution in [0.15, 0.2) is 72.9 Å². The zero-order chi connectivity index (χ0) is 47.4. The molecule has 0 aliphatic carbocycles. The number of carbonyl (C=O) groups excluding carboxylic acids is 2. The molecule has 0 amide bonds. The summed E-state index contributed by atoms with van der Waals surface area (Å²) in [5, 5.41) is 0. The summed E-state index contributed by atoms with van der Waals surface area (Å²) in [5.74, 6) is -0.842. The Hall–Kier alpha value is -2.55. The number of nitrogens with two attached hydrogens (primary N) is 1. The topological polar surface area (TPSA) is 134 Å². The first kappa shape index (κ1) is 62.4. The lowest BCUT2D eigenvalue weighted by Crippen LogP contribution is -2.29. The van der Waals surface area contributed by atoms with E-state index in [0.717, 1.165) is 89.9 Å². The van der Waals surface area contributed by atoms with Gasteiger partial charge in [-0.2, -0.15) is 0 Å². The molecule has 0 radical (unpaired) electrons. The van der Waals surface area contributed by atoms with Crippen molar-refractivity contribution in [1.29, 1.82) is 0 Å². The van der Waals surface area contributed by atoms with E-state index in [2.05, 4.69) is 86.8 Å². The lowest BCUT2D eigenvalue weighted by molar-refractivity contribution is -0.161. The van der Waals surface area contributed by atoms with Crippen LogP contribution in [0.5, 0.6) is 0 Å². The van der Waals surface area contributed by atoms with E-state index in [1.807, 2.05) is 0 Å². The van der Waals surface area contributed by atoms with Crippen LogP contribution in [0.3, 0.4) is 0 Å². The molecule has 0 bridgehead atoms. The molecule has 0 heterocycles. The first-order valence-corrected chi connectivity index (χ1v) is 27.9. The van der Waals surface area contributed by atoms with Gasteiger partial charge >= 0.3 is 19.8 Å². The summed E-state index contributed by atoms with van der Waals surface area (Å²) in [6.07, 6.45) is 63.9. The van der Waals surface area contributed by atoms with E-state index in [0.29, 0.717) is 12.8 Å². The molecule has 0 saturated heterocycles. The molecule has 9 nitrogen and oxygen atoms in total. The molecule has 376 valence electrons. The molecular formula is C55H98NO8P. The van der Waals surface area contributed by atoms with Crippen molar-refractivity contribution in [1.82, 2.24) is 0 Å². The SMILES string of the molecule is CC/C=C\C/C=C\C/C=C\C/C=C\CCCCCCCCCCCCCCCCCCCCC(=O)OC(COC(=O)CCCCCCC/C=C\C/C=C\CCC)COP(=O)(O)OCCN. The fraction of sp³-hybridized carbons (Fsp3) is 0.745. The number of carbonyl (C=O) groups is 2. The van der Waals surface area contributed by atoms with E-state index in [1.165, 1.54) is 103 Å². The zero-order valence-electron chi connectivity index (χ0n) is 41.7. The van der Waals surface area contributed by atoms with Gasteiger partial charge in [0.05, 0.1) is 13.2 Å². The molecular weight excluding hydrogens is 834 g/mol. The number of ether oxygens (including phenoxy) is 2. The minimum absolute atomic E-state index is 0.0499. The van der Waals surface area contributed by atoms with Crippen molar-refractivity contribution in [3.8, 4) is 0 Å². The highest BCUT2D eigenvalue weighted by molar-refractivity contribution is 7.47. The average Bonchev–Trinajstić information content (AvgIpc) is 3.30. The van der Waals surface area contributed by atoms with Gasteiger partial charge in [-0.1, -0.05) is 215 Å². The molecule has 2 atom stereocenters. The molecule has 0 aromatic carbocycles. The van der Waals surface area contributed by atoms with Crippen LogP contribution in [0.4, 0.5) is 0 Å². The quantitative estimate of drug-likeness (QED) is 0.0265. The van der Waals surface area contributed by atoms with Gasteiger partial charge in [-0.15, -0.1) is 0 Å². The number of phosphoric acid groups is 1. The number of phosphoric ester groups is 1. The third kappa shape index (κ3) is 50.7. The van der Waals surface area contributed by atoms with Crippen LogP contribution >= 0.6 is 7.82 Å². The largest absolute Gasteiger partial charge is 0.472 e. The van der Waals surface area contributed by atoms with E-state index in [9.17, 15) is 19.0 Å². The highest BCUT2D eigenvalue weighted by Crippen LogP contribution is 2.43. The second-order valence-corrected chi connectivity index (χ2v) is 18.8. The van der Waals surface area contributed by atoms with Gasteiger partial charge in [0.1, 0.15) is 6.61 Å². The standard InChI is InChI=1S/C55H98NO8P/c1-3-5-7-9-11-13-15-17-18-19-20-21-22-23-24-25-26-27-28-29-30-31-32-33-34-36-38-40-42-44-46-48-55(58)64-53(52-63-65(59,60)62-50-49-56)51-61-54(57)47-45-43-41-39-37-35-16-14-12-10-8-6-4-2/h5,7-8,10-11,13-14,16-18,20-21,53H,3-4,6,9,12,15,19,22-52,56H2,1-2H3,(H,59,60)/b7-5-,10-8-,13-11-,16-14-,18-17-,21-20-. The summed E-state index contributed by atoms with van der Waals surface area (Å²) < 4.78 is 32.9. The number of allylic oxidation sites excluding steroid dienone is 12. The maximum absolute atomic E-state index is 12.7. The molecule has 0 aliphatic heterocycles. The zero-order valence-corrected chi connectivity index (χ0v) is 42.6. The summed E-state index contributed by atoms with van der Waals surface area (Å²) in [5.41, 5.74) is 5.36. The smallest absolute Gasteiger partial charge is 0.462 e. The molecule has 0 rings (SSSR count). The van der Waals surface area contributed by atoms with Crippen LogP contribution in [-0.2, 0) is 32.7 Å². The first-order valence-electron chi connectivity index (χ1n) is 26.4. The Bertz CT molecular complexity index is 1290. The van der Waals surface area contributed by atoms with E-state index >= 15 is 0 Å². The third-order valence-electron chi connectivity index (χ3n) is 11.1. The number of unbranched alkanes of at least 4 members (excludes halogenated alkanes) is 24. The van der Waals surface area contributed by atoms with Crippen molar-refractivity contribution in [3.05, 3.63) is 72.9 Å². The molecule has 2 unspecified atom stereocenters. The normalized spacial score (nSPS) is 13.7. The van der Waals surface area contributed by atoms with Crippen molar-refractivity contribution in [2.45, 2.75) is 238 Å². The number of rotatable bonds is 49. The molecule has 10 heteroatoms. The average molecular weight is 932 g/mol. The van der Waals surface area contributed by atoms with Gasteiger partial charge in [0.15, 0.2) is 6.10 Å². The lowest BCUT2D eigenvalue weighted by atomic mass is 10.0. The van der Waals surface area contributed by atoms with E-state index in [-0.39, 0.29) is 32.6 Å². The van der Waals surface area contributed by atoms with Crippen LogP contribution < -0.4 is 5.73 Å². The van der Waals surface area contributed by atoms with E-state index in [1.54, 1.807) is 0 Å². The molecule has 0 aromatic heterocycles. The second kappa shape index (κ2) is 50.9. The number of hydrogen-bond acceptors (Lipinski definition) is 8. The predicted molar refractivity (Wildman–Crippen MR) is 275 cm³/mol. The van der Waals surface area contributed by atoms with Gasteiger partial charge in [-0.05, 0) is 77.0 Å². The second-order valence-electron chi connectivity index (χ2n) is 17.4. The fourth-order valence-electron chi connectivity index (χ4n) is 7.19. The molecule has 3 N–H and O–H groups in total. The van der Waals surface area contributed by atoms with Crippen molar-refractivity contribution in [3.63, 3.8) is 0 Å². The first-order chi connectivity index (χ1) is 31.8. The minimum Gasteiger partial charge on any atom is -0.462 e. The highest BCUT2D eigenvalue weighted by Gasteiger charge is 2.26. The molecule has 65 heavy (non-hydrogen) atoms. The summed E-state index contributed by atoms with van der Waals surface area (Å²) in [4.78, 5) is 35.0. The minimum atomic E-state index is -4.39. The van der Waals surface area contributed by atoms with Crippen molar-refractivity contribution < 1.29 is 37.6 Å². The predicted octanol–water partition coefficient (Wildman–Crippen LogP) is 16.2. The van der Waals surface area contributed by atoms with Crippen LogP contribution in [-0.4, -0.2) is 49.3 Å². The van der Waals surface area contributed by atoms with Crippen molar-refractivity contribution >= 4 is 19.8 Å². The molecule has 0 fully saturated rings. The Morgan fingerprint density at radius 2 is 0.846 bits per heavy atom. The Balaban J connectivity index is 3.91. The molecule has 0 saturated carbocycles. The maximum Gasteiger partial charge on any atom is 0.472 e. The summed E-state index contributed by atoms with van der Waals surface area (Å²) in [6, 6.07) is 0. The van der Waals surface area contributed by atoms with Gasteiger partial charge in [0.2, 0.25) is 0 Å². The summed E-state index contributed by atoms with van der Waals surface area (Å²) >= 11 is 0. The van der Waals surface area contributed by atoms with E-state index < -0.39 is 32.5 Å². The van der Waals surface area contributed by atoms with Gasteiger partial charge < -0.3 is 20.1 Å². The van der Waals surface area contributed by atoms with Gasteiger partial charge in [0.25, 0.3) is 0 Å². The Labute approximate surface area is 399 Å². The monoisotopic (exact) mass is 932 g/mol. The third-order valence-corrected chi connectivity index (χ3v) is 12.0. The van der Waals surface area contributed by atoms with Crippen LogP contribution in [0.25, 0.3) is 0 Å². The lowest BCUT2D eigenvalue weighted by Gasteiger charge is -2.19. The van der Waals surface area contributed by atoms with Crippen LogP contribution in [0, 0.1) is 0 Å². The van der Waals surface area contributed by atoms with Gasteiger partial charge in [-0.3, -0.25) is 18.6 Å². The van der Waals surface area contributed by atoms with Crippen molar-refractivity contribution in [2.24, 2.45) is 5.73 Å². The van der Waals surface area contributed by atoms with E-state index in [4.69, 9.17) is 24.3 Å². The Morgan fingerprint density at radius 3 is 1.26 bits per heavy atom. The Morgan fingerprint density at radius 1 is 0.477 bits per heavy atom.